The summed E-state index contributed by atoms with van der Waals surface area (Å²) in [6.07, 6.45) is 3.46. The predicted octanol–water partition coefficient (Wildman–Crippen LogP) is 2.07. The fourth-order valence-electron chi connectivity index (χ4n) is 1.42. The smallest absolute Gasteiger partial charge is 0.172 e. The number of nitrogens with two attached hydrogens (primary N) is 1. The van der Waals surface area contributed by atoms with Crippen molar-refractivity contribution in [2.45, 2.75) is 6.42 Å². The average molecular weight is 236 g/mol. The Bertz CT molecular complexity index is 508. The van der Waals surface area contributed by atoms with E-state index in [4.69, 9.17) is 17.3 Å². The highest BCUT2D eigenvalue weighted by molar-refractivity contribution is 6.34. The van der Waals surface area contributed by atoms with Crippen molar-refractivity contribution in [1.82, 2.24) is 9.97 Å². The molecule has 0 unspecified atom stereocenters. The Labute approximate surface area is 97.5 Å². The largest absolute Gasteiger partial charge is 0.397 e. The first kappa shape index (κ1) is 10.7. The Morgan fingerprint density at radius 1 is 1.50 bits per heavy atom. The fourth-order valence-corrected chi connectivity index (χ4v) is 1.60. The molecule has 0 atom stereocenters. The molecule has 3 N–H and O–H groups in total. The number of nitrogens with zero attached hydrogens (tertiary/aromatic N) is 1. The highest BCUT2D eigenvalue weighted by Crippen LogP contribution is 2.23. The maximum absolute atomic E-state index is 11.9. The second kappa shape index (κ2) is 4.37. The number of benzene rings is 1. The molecule has 1 heterocycles. The van der Waals surface area contributed by atoms with Gasteiger partial charge in [0.1, 0.15) is 5.82 Å². The van der Waals surface area contributed by atoms with Gasteiger partial charge in [0.2, 0.25) is 0 Å². The van der Waals surface area contributed by atoms with E-state index in [9.17, 15) is 4.79 Å². The maximum atomic E-state index is 11.9. The lowest BCUT2D eigenvalue weighted by Gasteiger charge is -2.04. The number of rotatable bonds is 3. The van der Waals surface area contributed by atoms with E-state index < -0.39 is 0 Å². The molecule has 0 saturated carbocycles. The highest BCUT2D eigenvalue weighted by atomic mass is 35.5. The third-order valence-electron chi connectivity index (χ3n) is 2.24. The van der Waals surface area contributed by atoms with E-state index in [1.165, 1.54) is 0 Å². The zero-order chi connectivity index (χ0) is 11.5. The lowest BCUT2D eigenvalue weighted by molar-refractivity contribution is 0.0992. The van der Waals surface area contributed by atoms with Crippen molar-refractivity contribution in [2.75, 3.05) is 5.73 Å². The van der Waals surface area contributed by atoms with Crippen LogP contribution in [0.1, 0.15) is 16.2 Å². The summed E-state index contributed by atoms with van der Waals surface area (Å²) in [5.41, 5.74) is 6.48. The number of aromatic nitrogens is 2. The van der Waals surface area contributed by atoms with Gasteiger partial charge in [-0.1, -0.05) is 17.7 Å². The Hall–Kier alpha value is -1.81. The van der Waals surface area contributed by atoms with Crippen LogP contribution in [0.25, 0.3) is 0 Å². The molecule has 82 valence electrons. The first-order valence-electron chi connectivity index (χ1n) is 4.74. The molecule has 0 aliphatic carbocycles. The SMILES string of the molecule is Nc1c(Cl)cccc1C(=O)Cc1ncc[nH]1. The van der Waals surface area contributed by atoms with Gasteiger partial charge in [-0.2, -0.15) is 0 Å². The van der Waals surface area contributed by atoms with Crippen LogP contribution in [0.3, 0.4) is 0 Å². The second-order valence-electron chi connectivity index (χ2n) is 3.34. The van der Waals surface area contributed by atoms with Gasteiger partial charge in [-0.15, -0.1) is 0 Å². The van der Waals surface area contributed by atoms with Gasteiger partial charge in [-0.3, -0.25) is 4.79 Å². The number of aromatic amines is 1. The second-order valence-corrected chi connectivity index (χ2v) is 3.74. The summed E-state index contributed by atoms with van der Waals surface area (Å²) in [5.74, 6) is 0.513. The minimum absolute atomic E-state index is 0.102. The summed E-state index contributed by atoms with van der Waals surface area (Å²) < 4.78 is 0. The van der Waals surface area contributed by atoms with Crippen LogP contribution in [0.5, 0.6) is 0 Å². The molecule has 16 heavy (non-hydrogen) atoms. The third kappa shape index (κ3) is 2.06. The van der Waals surface area contributed by atoms with Gasteiger partial charge in [-0.05, 0) is 12.1 Å². The van der Waals surface area contributed by atoms with Gasteiger partial charge in [0.05, 0.1) is 17.1 Å². The molecule has 0 fully saturated rings. The number of carbonyl (C=O) groups excluding carboxylic acids is 1. The number of anilines is 1. The normalized spacial score (nSPS) is 10.3. The zero-order valence-corrected chi connectivity index (χ0v) is 9.16. The molecule has 0 spiro atoms. The molecule has 0 aliphatic rings. The highest BCUT2D eigenvalue weighted by Gasteiger charge is 2.13. The fraction of sp³-hybridized carbons (Fsp3) is 0.0909. The van der Waals surface area contributed by atoms with Crippen LogP contribution in [-0.2, 0) is 6.42 Å². The van der Waals surface area contributed by atoms with Gasteiger partial charge in [0.15, 0.2) is 5.78 Å². The van der Waals surface area contributed by atoms with Crippen molar-refractivity contribution in [1.29, 1.82) is 0 Å². The van der Waals surface area contributed by atoms with Crippen molar-refractivity contribution >= 4 is 23.1 Å². The van der Waals surface area contributed by atoms with Crippen molar-refractivity contribution in [3.05, 3.63) is 47.0 Å². The molecule has 1 aromatic carbocycles. The standard InChI is InChI=1S/C11H10ClN3O/c12-8-3-1-2-7(11(8)13)9(16)6-10-14-4-5-15-10/h1-5H,6,13H2,(H,14,15). The lowest BCUT2D eigenvalue weighted by Crippen LogP contribution is -2.08. The summed E-state index contributed by atoms with van der Waals surface area (Å²) in [6.45, 7) is 0. The van der Waals surface area contributed by atoms with E-state index in [1.54, 1.807) is 30.6 Å². The number of nitrogens with one attached hydrogen (secondary N) is 1. The van der Waals surface area contributed by atoms with E-state index in [2.05, 4.69) is 9.97 Å². The number of nitrogen functional groups attached to an aromatic ring is 1. The van der Waals surface area contributed by atoms with Gasteiger partial charge in [0.25, 0.3) is 0 Å². The number of halogens is 1. The quantitative estimate of drug-likeness (QED) is 0.632. The molecule has 0 saturated heterocycles. The van der Waals surface area contributed by atoms with E-state index in [-0.39, 0.29) is 12.2 Å². The van der Waals surface area contributed by atoms with E-state index >= 15 is 0 Å². The molecule has 2 aromatic rings. The van der Waals surface area contributed by atoms with Crippen molar-refractivity contribution < 1.29 is 4.79 Å². The number of hydrogen-bond acceptors (Lipinski definition) is 3. The molecule has 0 bridgehead atoms. The van der Waals surface area contributed by atoms with Crippen molar-refractivity contribution in [3.63, 3.8) is 0 Å². The van der Waals surface area contributed by atoms with Crippen molar-refractivity contribution in [2.24, 2.45) is 0 Å². The number of para-hydroxylation sites is 1. The third-order valence-corrected chi connectivity index (χ3v) is 2.57. The van der Waals surface area contributed by atoms with Crippen LogP contribution in [0.2, 0.25) is 5.02 Å². The minimum Gasteiger partial charge on any atom is -0.397 e. The number of carbonyl (C=O) groups is 1. The Morgan fingerprint density at radius 2 is 2.31 bits per heavy atom. The molecule has 0 radical (unpaired) electrons. The number of hydrogen-bond donors (Lipinski definition) is 2. The van der Waals surface area contributed by atoms with Crippen molar-refractivity contribution in [3.8, 4) is 0 Å². The van der Waals surface area contributed by atoms with Gasteiger partial charge >= 0.3 is 0 Å². The predicted molar refractivity (Wildman–Crippen MR) is 62.5 cm³/mol. The maximum Gasteiger partial charge on any atom is 0.172 e. The molecule has 2 rings (SSSR count). The molecular formula is C11H10ClN3O. The average Bonchev–Trinajstić information content (AvgIpc) is 2.74. The van der Waals surface area contributed by atoms with E-state index in [1.807, 2.05) is 0 Å². The topological polar surface area (TPSA) is 71.8 Å². The number of H-pyrrole nitrogens is 1. The first-order chi connectivity index (χ1) is 7.68. The van der Waals surface area contributed by atoms with Crippen LogP contribution in [-0.4, -0.2) is 15.8 Å². The molecule has 5 heteroatoms. The zero-order valence-electron chi connectivity index (χ0n) is 8.40. The monoisotopic (exact) mass is 235 g/mol. The van der Waals surface area contributed by atoms with Gasteiger partial charge in [0, 0.05) is 18.0 Å². The van der Waals surface area contributed by atoms with E-state index in [0.29, 0.717) is 22.1 Å². The summed E-state index contributed by atoms with van der Waals surface area (Å²) in [4.78, 5) is 18.7. The first-order valence-corrected chi connectivity index (χ1v) is 5.11. The summed E-state index contributed by atoms with van der Waals surface area (Å²) in [6, 6.07) is 5.01. The Morgan fingerprint density at radius 3 is 3.00 bits per heavy atom. The van der Waals surface area contributed by atoms with Crippen LogP contribution >= 0.6 is 11.6 Å². The Balaban J connectivity index is 2.24. The number of ketones is 1. The molecular weight excluding hydrogens is 226 g/mol. The van der Waals surface area contributed by atoms with Crippen LogP contribution in [0, 0.1) is 0 Å². The van der Waals surface area contributed by atoms with Crippen LogP contribution < -0.4 is 5.73 Å². The van der Waals surface area contributed by atoms with Crippen LogP contribution in [0.4, 0.5) is 5.69 Å². The molecule has 1 aromatic heterocycles. The van der Waals surface area contributed by atoms with Gasteiger partial charge < -0.3 is 10.7 Å². The summed E-state index contributed by atoms with van der Waals surface area (Å²) in [7, 11) is 0. The summed E-state index contributed by atoms with van der Waals surface area (Å²) >= 11 is 5.84. The summed E-state index contributed by atoms with van der Waals surface area (Å²) in [5, 5.41) is 0.394. The lowest BCUT2D eigenvalue weighted by atomic mass is 10.1. The number of Topliss-reactive ketones (excluding diaryl/α,β-unsaturated/α-hetero) is 1. The number of imidazole rings is 1. The Kier molecular flexibility index (Phi) is 2.92. The molecule has 0 aliphatic heterocycles. The molecule has 0 amide bonds. The van der Waals surface area contributed by atoms with Gasteiger partial charge in [-0.25, -0.2) is 4.98 Å². The molecule has 4 nitrogen and oxygen atoms in total. The minimum atomic E-state index is -0.102. The van der Waals surface area contributed by atoms with Crippen LogP contribution in [0.15, 0.2) is 30.6 Å². The van der Waals surface area contributed by atoms with E-state index in [0.717, 1.165) is 0 Å².